The molecule has 140 heavy (non-hydrogen) atoms. The molecule has 0 aliphatic carbocycles. The molecule has 0 spiro atoms. The van der Waals surface area contributed by atoms with Crippen molar-refractivity contribution in [1.29, 1.82) is 10.8 Å². The SMILES string of the molecule is C.C.C.C.C.C.C.C.C.C.C.C.C.C.C.C.C.C.C.C.C.C.C.C.C.C.C.C.C.C.C.C.C.C.C.C.C.C.C.C.C.C=C.C=C.C=C.C=C.C=C.C=C.C=CO.CC(=N)N(C)C.CC(=N)N(C)C.CC(=O)N(C)C.CC(=O)N(C)C.CC(C)=O.CN(C)C.CN(C)S(C)(=O)=O.CN(C)S(C)(=O)=O.CN(S(C)(=O)=O)S(C)(=O)=O.COC(=O)OC.COC(C)=O.COC(C)=O.CS(C)(=O)=O.CS(C)=O.CSC. The second kappa shape index (κ2) is 353. The van der Waals surface area contributed by atoms with E-state index in [9.17, 15) is 75.1 Å². The summed E-state index contributed by atoms with van der Waals surface area (Å²) >= 11 is 1.75. The molecular formula is C101H308N10O22S7. The number of nitrogens with one attached hydrogen (secondary N) is 2. The van der Waals surface area contributed by atoms with Gasteiger partial charge in [0.2, 0.25) is 51.9 Å². The van der Waals surface area contributed by atoms with E-state index in [0.29, 0.717) is 15.4 Å². The normalized spacial score (nSPS) is 5.88. The molecule has 39 heteroatoms. The standard InChI is InChI=1S/2C4H10N2.2C4H9NO.C3H9NO4S2.2C3H9NO2S.C3H9N.C3H6O3.2C3H6O2.C3H6O.C2H6O2S.C2H6OS.C2H4O.C2H6S.6C2H4.41CH4/c2*1-4(5)6(2)3;2*1-4(6)5(2)3;1-4(9(2,5)6)10(3,7)8;2*1-4(2)7(3,5)6;1-4(2)3;1-5-3(4)6-2;2*1-3(4)5-2;1-3(2)4;1-5(2,3)4;1-4(2)3;1-2-3;1-3-2;6*1-2;;;;;;;;;;;;;;;;;;;;;;;;;;;;;;;;;;;;;;;;;/h2*5H,1-3H3;2*1-3H3;1-3H3;2*1-3H3;1-3H3;1-2H3;2*1-2H3;1-2H3;1-2H3;1-2H3;2-3H,1H2;1-2H3;6*1-2H2;41*1H4. The van der Waals surface area contributed by atoms with Crippen LogP contribution in [-0.2, 0) is 104 Å². The first-order valence-corrected chi connectivity index (χ1v) is 39.8. The molecule has 936 valence electrons. The van der Waals surface area contributed by atoms with E-state index in [1.807, 2.05) is 66.7 Å². The number of sulfone groups is 1. The van der Waals surface area contributed by atoms with E-state index in [1.165, 1.54) is 108 Å². The Hall–Kier alpha value is -6.17. The minimum Gasteiger partial charge on any atom is -0.516 e. The van der Waals surface area contributed by atoms with E-state index in [1.54, 1.807) is 76.1 Å². The Balaban J connectivity index is -0.00000000724. The van der Waals surface area contributed by atoms with Gasteiger partial charge in [0.25, 0.3) is 0 Å². The van der Waals surface area contributed by atoms with Crippen molar-refractivity contribution in [2.24, 2.45) is 0 Å². The molecule has 0 radical (unpaired) electrons. The number of aliphatic hydroxyl groups excluding tert-OH is 1. The lowest BCUT2D eigenvalue weighted by Crippen LogP contribution is -2.31. The lowest BCUT2D eigenvalue weighted by Gasteiger charge is -2.09. The fourth-order valence-electron chi connectivity index (χ4n) is 0.329. The highest BCUT2D eigenvalue weighted by atomic mass is 32.3. The summed E-state index contributed by atoms with van der Waals surface area (Å²) in [6.07, 6.45) is 13.7. The summed E-state index contributed by atoms with van der Waals surface area (Å²) < 4.78 is 131. The van der Waals surface area contributed by atoms with Gasteiger partial charge in [-0.3, -0.25) is 34.2 Å². The summed E-state index contributed by atoms with van der Waals surface area (Å²) in [5.41, 5.74) is 0. The largest absolute Gasteiger partial charge is 0.516 e. The molecular weight excluding hydrogens is 1930 g/mol. The lowest BCUT2D eigenvalue weighted by atomic mass is 10.6. The molecule has 3 N–H and O–H groups in total. The molecule has 0 aliphatic rings. The highest BCUT2D eigenvalue weighted by molar-refractivity contribution is 8.03. The summed E-state index contributed by atoms with van der Waals surface area (Å²) in [5.74, 6) is 1.05. The maximum absolute atomic E-state index is 10.5. The van der Waals surface area contributed by atoms with Crippen LogP contribution in [0.1, 0.15) is 360 Å². The molecule has 0 heterocycles. The third-order valence-corrected chi connectivity index (χ3v) is 11.9. The van der Waals surface area contributed by atoms with Gasteiger partial charge in [-0.25, -0.2) is 55.5 Å². The van der Waals surface area contributed by atoms with Crippen LogP contribution >= 0.6 is 11.8 Å². The van der Waals surface area contributed by atoms with Crippen LogP contribution in [0.15, 0.2) is 91.8 Å². The zero-order valence-corrected chi connectivity index (χ0v) is 73.9. The Morgan fingerprint density at radius 2 is 0.350 bits per heavy atom. The molecule has 0 aromatic carbocycles. The quantitative estimate of drug-likeness (QED) is 0.0587. The molecule has 0 unspecified atom stereocenters. The predicted molar refractivity (Wildman–Crippen MR) is 705 cm³/mol. The average Bonchev–Trinajstić information content (AvgIpc) is 0.854. The number of amides is 2. The number of Topliss-reactive ketones (excluding diaryl/α,β-unsaturated/α-hetero) is 1. The van der Waals surface area contributed by atoms with Gasteiger partial charge in [0.1, 0.15) is 15.6 Å². The van der Waals surface area contributed by atoms with Crippen LogP contribution in [-0.4, -0.2) is 339 Å². The molecule has 0 saturated carbocycles. The van der Waals surface area contributed by atoms with Gasteiger partial charge in [0.05, 0.1) is 71.4 Å². The van der Waals surface area contributed by atoms with E-state index in [4.69, 9.17) is 15.9 Å². The number of ketones is 1. The van der Waals surface area contributed by atoms with Crippen LogP contribution < -0.4 is 0 Å². The third-order valence-electron chi connectivity index (χ3n) is 5.77. The minimum absolute atomic E-state index is 0. The van der Waals surface area contributed by atoms with Crippen LogP contribution in [0.2, 0.25) is 0 Å². The smallest absolute Gasteiger partial charge is 0.507 e. The van der Waals surface area contributed by atoms with Crippen molar-refractivity contribution in [3.63, 3.8) is 0 Å². The van der Waals surface area contributed by atoms with Crippen LogP contribution in [0.25, 0.3) is 0 Å². The molecule has 0 rings (SSSR count). The topological polar surface area (TPSA) is 421 Å². The van der Waals surface area contributed by atoms with E-state index in [-0.39, 0.29) is 334 Å². The number of carbonyl (C=O) groups is 6. The fraction of sp³-hybridized carbons (Fsp3) is 0.782. The number of amidine groups is 2. The van der Waals surface area contributed by atoms with Gasteiger partial charge in [-0.05, 0) is 61.3 Å². The maximum atomic E-state index is 10.5. The number of hydrogen-bond acceptors (Lipinski definition) is 26. The summed E-state index contributed by atoms with van der Waals surface area (Å²) in [6, 6.07) is 0. The number of aliphatic hydroxyl groups is 1. The van der Waals surface area contributed by atoms with Crippen molar-refractivity contribution < 1.29 is 99.1 Å². The second-order valence-electron chi connectivity index (χ2n) is 17.6. The summed E-state index contributed by atoms with van der Waals surface area (Å²) in [6.45, 7) is 51.3. The third kappa shape index (κ3) is 1290. The van der Waals surface area contributed by atoms with Crippen molar-refractivity contribution >= 4 is 120 Å². The van der Waals surface area contributed by atoms with Crippen LogP contribution in [0.3, 0.4) is 0 Å². The zero-order valence-electron chi connectivity index (χ0n) is 68.2. The number of sulfonamides is 4. The molecule has 0 bridgehead atoms. The number of carbonyl (C=O) groups excluding carboxylic acids is 6. The number of rotatable bonds is 4. The van der Waals surface area contributed by atoms with Gasteiger partial charge in [0, 0.05) is 155 Å². The Morgan fingerprint density at radius 3 is 0.350 bits per heavy atom. The van der Waals surface area contributed by atoms with Gasteiger partial charge >= 0.3 is 18.1 Å². The molecule has 0 atom stereocenters. The molecule has 0 aromatic heterocycles. The minimum atomic E-state index is -3.62. The van der Waals surface area contributed by atoms with Crippen molar-refractivity contribution in [2.45, 2.75) is 360 Å². The molecule has 0 aromatic rings. The summed E-state index contributed by atoms with van der Waals surface area (Å²) in [7, 11) is 16.2. The number of hydrogen-bond donors (Lipinski definition) is 3. The Bertz CT molecular complexity index is 2250. The maximum Gasteiger partial charge on any atom is 0.507 e. The predicted octanol–water partition coefficient (Wildman–Crippen LogP) is 32.9. The Morgan fingerprint density at radius 1 is 0.293 bits per heavy atom. The van der Waals surface area contributed by atoms with Crippen molar-refractivity contribution in [3.05, 3.63) is 91.8 Å². The fourth-order valence-corrected chi connectivity index (χ4v) is 2.30. The number of nitrogens with zero attached hydrogens (tertiary/aromatic N) is 8. The first-order chi connectivity index (χ1) is 44.0. The monoisotopic (exact) mass is 2240 g/mol. The average molecular weight is 2240 g/mol. The molecule has 32 nitrogen and oxygen atoms in total. The molecule has 0 fully saturated rings. The summed E-state index contributed by atoms with van der Waals surface area (Å²) in [5, 5.41) is 21.1. The Labute approximate surface area is 916 Å². The van der Waals surface area contributed by atoms with Crippen LogP contribution in [0.5, 0.6) is 0 Å². The number of methoxy groups -OCH3 is 4. The van der Waals surface area contributed by atoms with Gasteiger partial charge in [-0.15, -0.1) is 78.9 Å². The Kier molecular flexibility index (Phi) is 1190. The first kappa shape index (κ1) is 471. The molecule has 0 saturated heterocycles. The van der Waals surface area contributed by atoms with Gasteiger partial charge < -0.3 is 53.3 Å². The number of esters is 2. The highest BCUT2D eigenvalue weighted by Crippen LogP contribution is 1.98. The van der Waals surface area contributed by atoms with Gasteiger partial charge in [-0.2, -0.15) is 11.8 Å². The van der Waals surface area contributed by atoms with E-state index < -0.39 is 66.9 Å². The zero-order chi connectivity index (χ0) is 87.6. The lowest BCUT2D eigenvalue weighted by molar-refractivity contribution is -0.138. The number of thioether (sulfide) groups is 1. The summed E-state index contributed by atoms with van der Waals surface area (Å²) in [4.78, 5) is 67.1. The van der Waals surface area contributed by atoms with Gasteiger partial charge in [-0.1, -0.05) is 315 Å². The van der Waals surface area contributed by atoms with Crippen molar-refractivity contribution in [3.8, 4) is 0 Å². The number of ether oxygens (including phenoxy) is 4. The first-order valence-electron chi connectivity index (χ1n) is 26.5. The van der Waals surface area contributed by atoms with Crippen molar-refractivity contribution in [1.82, 2.24) is 36.8 Å². The van der Waals surface area contributed by atoms with Crippen molar-refractivity contribution in [2.75, 3.05) is 204 Å². The second-order valence-corrected chi connectivity index (χ2v) is 30.8. The van der Waals surface area contributed by atoms with E-state index >= 15 is 0 Å². The van der Waals surface area contributed by atoms with Crippen LogP contribution in [0, 0.1) is 10.8 Å². The van der Waals surface area contributed by atoms with E-state index in [2.05, 4.69) is 104 Å². The molecule has 2 amide bonds. The van der Waals surface area contributed by atoms with E-state index in [0.717, 1.165) is 59.5 Å². The molecule has 0 aliphatic heterocycles. The van der Waals surface area contributed by atoms with Gasteiger partial charge in [0.15, 0.2) is 0 Å². The highest BCUT2D eigenvalue weighted by Gasteiger charge is 2.20. The van der Waals surface area contributed by atoms with Crippen LogP contribution in [0.4, 0.5) is 4.79 Å².